The molecule has 4 heterocycles. The topological polar surface area (TPSA) is 27.1 Å². The van der Waals surface area contributed by atoms with Crippen molar-refractivity contribution in [3.05, 3.63) is 267 Å². The third-order valence-electron chi connectivity index (χ3n) is 14.8. The second-order valence-electron chi connectivity index (χ2n) is 18.9. The lowest BCUT2D eigenvalue weighted by Gasteiger charge is -2.45. The second-order valence-corrected chi connectivity index (χ2v) is 18.9. The first-order valence-corrected chi connectivity index (χ1v) is 25.0. The van der Waals surface area contributed by atoms with E-state index in [9.17, 15) is 0 Å². The number of hydrogen-bond acceptors (Lipinski definition) is 5. The molecule has 11 aromatic carbocycles. The molecule has 12 aromatic rings. The van der Waals surface area contributed by atoms with Crippen LogP contribution in [0, 0.1) is 0 Å². The van der Waals surface area contributed by atoms with Crippen molar-refractivity contribution in [2.24, 2.45) is 0 Å². The van der Waals surface area contributed by atoms with Gasteiger partial charge in [0.1, 0.15) is 0 Å². The van der Waals surface area contributed by atoms with E-state index in [0.717, 1.165) is 91.0 Å². The highest BCUT2D eigenvalue weighted by molar-refractivity contribution is 7.00. The Hall–Kier alpha value is -9.72. The summed E-state index contributed by atoms with van der Waals surface area (Å²) >= 11 is 0. The Morgan fingerprint density at radius 2 is 0.767 bits per heavy atom. The summed E-state index contributed by atoms with van der Waals surface area (Å²) < 4.78 is 9.53. The number of aromatic nitrogens is 1. The summed E-state index contributed by atoms with van der Waals surface area (Å²) in [6, 6.07) is 96.5. The SMILES string of the molecule is c1ccc(N(c2ccccc2)c2cc3c4c(c2)N(c2ccccc2)c2cc5c(cc2B4c2cc4c(cc2N3c2ccccc2)N(c2ccccc2)c2ccccc2O4)c2ccccc2n5-c2ccccc2)cc1. The van der Waals surface area contributed by atoms with E-state index in [1.807, 2.05) is 0 Å². The normalized spacial score (nSPS) is 12.9. The number of nitrogens with zero attached hydrogens (tertiary/aromatic N) is 5. The molecule has 1 aromatic heterocycles. The van der Waals surface area contributed by atoms with E-state index in [2.05, 4.69) is 291 Å². The van der Waals surface area contributed by atoms with Crippen LogP contribution in [0.1, 0.15) is 0 Å². The summed E-state index contributed by atoms with van der Waals surface area (Å²) in [5.41, 5.74) is 19.8. The fourth-order valence-corrected chi connectivity index (χ4v) is 11.8. The first kappa shape index (κ1) is 41.1. The largest absolute Gasteiger partial charge is 0.453 e. The van der Waals surface area contributed by atoms with Gasteiger partial charge in [-0.05, 0) is 138 Å². The summed E-state index contributed by atoms with van der Waals surface area (Å²) in [7, 11) is 0. The first-order chi connectivity index (χ1) is 36.2. The van der Waals surface area contributed by atoms with Crippen LogP contribution in [-0.2, 0) is 0 Å². The number of ether oxygens (including phenoxy) is 1. The summed E-state index contributed by atoms with van der Waals surface area (Å²) in [5.74, 6) is 1.63. The molecule has 6 nitrogen and oxygen atoms in total. The van der Waals surface area contributed by atoms with E-state index in [1.165, 1.54) is 32.7 Å². The summed E-state index contributed by atoms with van der Waals surface area (Å²) in [4.78, 5) is 9.77. The van der Waals surface area contributed by atoms with Crippen molar-refractivity contribution in [3.63, 3.8) is 0 Å². The van der Waals surface area contributed by atoms with E-state index in [4.69, 9.17) is 4.74 Å². The fourth-order valence-electron chi connectivity index (χ4n) is 11.8. The Labute approximate surface area is 424 Å². The Morgan fingerprint density at radius 3 is 1.36 bits per heavy atom. The molecule has 3 aliphatic rings. The molecule has 0 aliphatic carbocycles. The van der Waals surface area contributed by atoms with Crippen molar-refractivity contribution in [2.75, 3.05) is 19.6 Å². The predicted octanol–water partition coefficient (Wildman–Crippen LogP) is 15.9. The van der Waals surface area contributed by atoms with Crippen LogP contribution in [-0.4, -0.2) is 11.3 Å². The number of para-hydroxylation sites is 9. The molecular weight excluding hydrogens is 890 g/mol. The summed E-state index contributed by atoms with van der Waals surface area (Å²) in [5, 5.41) is 2.42. The second kappa shape index (κ2) is 16.4. The molecule has 0 radical (unpaired) electrons. The van der Waals surface area contributed by atoms with E-state index >= 15 is 0 Å². The molecule has 0 saturated heterocycles. The Morgan fingerprint density at radius 1 is 0.301 bits per heavy atom. The van der Waals surface area contributed by atoms with Crippen LogP contribution < -0.4 is 40.7 Å². The highest BCUT2D eigenvalue weighted by atomic mass is 16.5. The monoisotopic (exact) mass is 933 g/mol. The highest BCUT2D eigenvalue weighted by Crippen LogP contribution is 2.54. The van der Waals surface area contributed by atoms with Crippen LogP contribution in [0.3, 0.4) is 0 Å². The minimum Gasteiger partial charge on any atom is -0.453 e. The van der Waals surface area contributed by atoms with Gasteiger partial charge in [0.25, 0.3) is 6.71 Å². The maximum atomic E-state index is 7.09. The van der Waals surface area contributed by atoms with Gasteiger partial charge in [0.2, 0.25) is 0 Å². The lowest BCUT2D eigenvalue weighted by Crippen LogP contribution is -2.61. The average molecular weight is 934 g/mol. The molecule has 7 heteroatoms. The van der Waals surface area contributed by atoms with Crippen LogP contribution in [0.2, 0.25) is 0 Å². The Kier molecular flexibility index (Phi) is 9.26. The van der Waals surface area contributed by atoms with E-state index in [0.29, 0.717) is 0 Å². The number of fused-ring (bicyclic) bond motifs is 9. The van der Waals surface area contributed by atoms with E-state index < -0.39 is 0 Å². The predicted molar refractivity (Wildman–Crippen MR) is 304 cm³/mol. The van der Waals surface area contributed by atoms with Crippen LogP contribution in [0.25, 0.3) is 27.5 Å². The van der Waals surface area contributed by atoms with Crippen molar-refractivity contribution in [1.29, 1.82) is 0 Å². The van der Waals surface area contributed by atoms with Gasteiger partial charge in [0.15, 0.2) is 11.5 Å². The molecule has 15 rings (SSSR count). The van der Waals surface area contributed by atoms with E-state index in [1.54, 1.807) is 0 Å². The molecule has 0 spiro atoms. The van der Waals surface area contributed by atoms with Crippen LogP contribution >= 0.6 is 0 Å². The molecule has 0 amide bonds. The number of hydrogen-bond donors (Lipinski definition) is 0. The van der Waals surface area contributed by atoms with Crippen molar-refractivity contribution in [3.8, 4) is 17.2 Å². The van der Waals surface area contributed by atoms with Gasteiger partial charge in [-0.25, -0.2) is 0 Å². The van der Waals surface area contributed by atoms with Crippen molar-refractivity contribution in [2.45, 2.75) is 0 Å². The molecular formula is C66H44BN5O. The van der Waals surface area contributed by atoms with Gasteiger partial charge in [0.05, 0.1) is 28.1 Å². The molecule has 0 fully saturated rings. The molecule has 73 heavy (non-hydrogen) atoms. The van der Waals surface area contributed by atoms with Crippen LogP contribution in [0.5, 0.6) is 11.5 Å². The third-order valence-corrected chi connectivity index (χ3v) is 14.8. The number of rotatable bonds is 7. The van der Waals surface area contributed by atoms with Crippen LogP contribution in [0.15, 0.2) is 267 Å². The average Bonchev–Trinajstić information content (AvgIpc) is 3.79. The molecule has 0 N–H and O–H groups in total. The van der Waals surface area contributed by atoms with Gasteiger partial charge in [-0.15, -0.1) is 0 Å². The summed E-state index contributed by atoms with van der Waals surface area (Å²) in [6.07, 6.45) is 0. The zero-order chi connectivity index (χ0) is 48.0. The maximum absolute atomic E-state index is 7.09. The van der Waals surface area contributed by atoms with E-state index in [-0.39, 0.29) is 6.71 Å². The standard InChI is InChI=1S/C66H44BN5O/c1-7-23-45(24-8-1)68(46-25-9-2-10-26-46)51-39-62-66-63(40-51)72(50-33-17-6-18-34-50)60-44-61-65(73-64-38-22-21-37-57(64)70(61)48-29-13-4-14-30-48)42-55(60)67(66)54-41-53-52-35-19-20-36-56(52)69(47-27-11-3-12-28-47)58(53)43-59(54)71(62)49-31-15-5-16-32-49/h1-44H. The lowest BCUT2D eigenvalue weighted by atomic mass is 9.33. The first-order valence-electron chi connectivity index (χ1n) is 25.0. The quantitative estimate of drug-likeness (QED) is 0.148. The molecule has 0 bridgehead atoms. The molecule has 0 atom stereocenters. The Balaban J connectivity index is 1.10. The zero-order valence-electron chi connectivity index (χ0n) is 39.6. The van der Waals surface area contributed by atoms with Gasteiger partial charge in [0, 0.05) is 67.6 Å². The van der Waals surface area contributed by atoms with Gasteiger partial charge >= 0.3 is 0 Å². The molecule has 3 aliphatic heterocycles. The van der Waals surface area contributed by atoms with Crippen molar-refractivity contribution in [1.82, 2.24) is 4.57 Å². The minimum absolute atomic E-state index is 0.203. The Bertz CT molecular complexity index is 4040. The smallest absolute Gasteiger partial charge is 0.252 e. The fraction of sp³-hybridized carbons (Fsp3) is 0. The van der Waals surface area contributed by atoms with Gasteiger partial charge in [-0.2, -0.15) is 0 Å². The lowest BCUT2D eigenvalue weighted by molar-refractivity contribution is 0.477. The third kappa shape index (κ3) is 6.39. The summed E-state index contributed by atoms with van der Waals surface area (Å²) in [6.45, 7) is -0.203. The van der Waals surface area contributed by atoms with Crippen LogP contribution in [0.4, 0.5) is 68.2 Å². The van der Waals surface area contributed by atoms with Crippen molar-refractivity contribution < 1.29 is 4.74 Å². The highest BCUT2D eigenvalue weighted by Gasteiger charge is 2.46. The van der Waals surface area contributed by atoms with Crippen molar-refractivity contribution >= 4 is 113 Å². The van der Waals surface area contributed by atoms with Gasteiger partial charge < -0.3 is 28.9 Å². The maximum Gasteiger partial charge on any atom is 0.252 e. The van der Waals surface area contributed by atoms with Gasteiger partial charge in [-0.3, -0.25) is 0 Å². The zero-order valence-corrected chi connectivity index (χ0v) is 39.6. The van der Waals surface area contributed by atoms with Gasteiger partial charge in [-0.1, -0.05) is 146 Å². The number of anilines is 12. The number of benzene rings is 11. The minimum atomic E-state index is -0.203. The molecule has 0 saturated carbocycles. The molecule has 0 unspecified atom stereocenters. The molecule has 342 valence electrons.